The summed E-state index contributed by atoms with van der Waals surface area (Å²) >= 11 is 0. The van der Waals surface area contributed by atoms with Crippen LogP contribution in [0.25, 0.3) is 0 Å². The quantitative estimate of drug-likeness (QED) is 0.707. The third-order valence-electron chi connectivity index (χ3n) is 2.16. The predicted octanol–water partition coefficient (Wildman–Crippen LogP) is 0.423. The molecule has 0 aromatic carbocycles. The van der Waals surface area contributed by atoms with E-state index in [9.17, 15) is 13.2 Å². The third kappa shape index (κ3) is 3.63. The van der Waals surface area contributed by atoms with Gasteiger partial charge in [0, 0.05) is 6.04 Å². The Bertz CT molecular complexity index is 296. The van der Waals surface area contributed by atoms with E-state index in [1.165, 1.54) is 0 Å². The first kappa shape index (κ1) is 13.4. The van der Waals surface area contributed by atoms with Crippen LogP contribution in [0.5, 0.6) is 0 Å². The average Bonchev–Trinajstić information content (AvgIpc) is 2.01. The van der Waals surface area contributed by atoms with Crippen LogP contribution in [-0.4, -0.2) is 30.8 Å². The molecule has 14 heavy (non-hydrogen) atoms. The van der Waals surface area contributed by atoms with Crippen molar-refractivity contribution in [2.24, 2.45) is 5.92 Å². The van der Waals surface area contributed by atoms with Crippen LogP contribution >= 0.6 is 0 Å². The lowest BCUT2D eigenvalue weighted by atomic mass is 10.1. The summed E-state index contributed by atoms with van der Waals surface area (Å²) in [6, 6.07) is -0.262. The molecule has 0 fully saturated rings. The maximum absolute atomic E-state index is 11.4. The first-order valence-corrected chi connectivity index (χ1v) is 5.97. The molecule has 2 unspecified atom stereocenters. The predicted molar refractivity (Wildman–Crippen MR) is 53.5 cm³/mol. The van der Waals surface area contributed by atoms with Gasteiger partial charge in [-0.1, -0.05) is 13.8 Å². The van der Waals surface area contributed by atoms with Crippen molar-refractivity contribution in [2.75, 3.05) is 0 Å². The molecule has 2 N–H and O–H groups in total. The van der Waals surface area contributed by atoms with Crippen LogP contribution in [0.3, 0.4) is 0 Å². The number of aliphatic carboxylic acids is 1. The number of carboxylic acids is 1. The highest BCUT2D eigenvalue weighted by molar-refractivity contribution is 7.90. The summed E-state index contributed by atoms with van der Waals surface area (Å²) in [6.07, 6.45) is 0. The highest BCUT2D eigenvalue weighted by Gasteiger charge is 2.29. The van der Waals surface area contributed by atoms with Crippen LogP contribution < -0.4 is 4.72 Å². The average molecular weight is 223 g/mol. The van der Waals surface area contributed by atoms with Crippen molar-refractivity contribution in [1.82, 2.24) is 4.72 Å². The lowest BCUT2D eigenvalue weighted by Gasteiger charge is -2.19. The zero-order valence-electron chi connectivity index (χ0n) is 8.81. The molecule has 0 aromatic rings. The second kappa shape index (κ2) is 4.75. The first-order valence-electron chi connectivity index (χ1n) is 4.42. The Balaban J connectivity index is 4.58. The van der Waals surface area contributed by atoms with E-state index >= 15 is 0 Å². The molecule has 0 aromatic heterocycles. The molecule has 0 heterocycles. The Morgan fingerprint density at radius 3 is 1.93 bits per heavy atom. The molecule has 0 spiro atoms. The highest BCUT2D eigenvalue weighted by atomic mass is 32.2. The minimum atomic E-state index is -3.75. The Morgan fingerprint density at radius 1 is 1.21 bits per heavy atom. The van der Waals surface area contributed by atoms with E-state index in [-0.39, 0.29) is 12.0 Å². The molecule has 0 rings (SSSR count). The molecule has 0 bridgehead atoms. The Labute approximate surface area is 84.6 Å². The molecule has 84 valence electrons. The smallest absolute Gasteiger partial charge is 0.323 e. The second-order valence-corrected chi connectivity index (χ2v) is 5.71. The monoisotopic (exact) mass is 223 g/mol. The fraction of sp³-hybridized carbons (Fsp3) is 0.875. The van der Waals surface area contributed by atoms with E-state index in [1.807, 2.05) is 13.8 Å². The minimum absolute atomic E-state index is 0.130. The number of nitrogens with one attached hydrogen (secondary N) is 1. The second-order valence-electron chi connectivity index (χ2n) is 3.68. The minimum Gasteiger partial charge on any atom is -0.480 e. The summed E-state index contributed by atoms with van der Waals surface area (Å²) < 4.78 is 25.1. The van der Waals surface area contributed by atoms with Crippen LogP contribution in [0, 0.1) is 5.92 Å². The zero-order chi connectivity index (χ0) is 11.5. The number of rotatable bonds is 5. The molecular weight excluding hydrogens is 206 g/mol. The van der Waals surface area contributed by atoms with Gasteiger partial charge in [-0.2, -0.15) is 0 Å². The highest BCUT2D eigenvalue weighted by Crippen LogP contribution is 2.05. The summed E-state index contributed by atoms with van der Waals surface area (Å²) in [4.78, 5) is 10.5. The SMILES string of the molecule is CC(C)C(C)NS(=O)(=O)C(C)C(=O)O. The van der Waals surface area contributed by atoms with E-state index in [0.29, 0.717) is 0 Å². The van der Waals surface area contributed by atoms with Crippen molar-refractivity contribution in [3.63, 3.8) is 0 Å². The van der Waals surface area contributed by atoms with Gasteiger partial charge in [0.1, 0.15) is 0 Å². The van der Waals surface area contributed by atoms with E-state index < -0.39 is 21.2 Å². The van der Waals surface area contributed by atoms with Gasteiger partial charge in [-0.15, -0.1) is 0 Å². The first-order chi connectivity index (χ1) is 6.18. The van der Waals surface area contributed by atoms with Crippen molar-refractivity contribution in [1.29, 1.82) is 0 Å². The van der Waals surface area contributed by atoms with Gasteiger partial charge >= 0.3 is 5.97 Å². The summed E-state index contributed by atoms with van der Waals surface area (Å²) in [5.74, 6) is -1.21. The molecule has 0 radical (unpaired) electrons. The normalized spacial score (nSPS) is 16.6. The molecule has 0 saturated heterocycles. The largest absolute Gasteiger partial charge is 0.480 e. The topological polar surface area (TPSA) is 83.5 Å². The Hall–Kier alpha value is -0.620. The van der Waals surface area contributed by atoms with E-state index in [2.05, 4.69) is 4.72 Å². The molecule has 0 aliphatic heterocycles. The molecular formula is C8H17NO4S. The van der Waals surface area contributed by atoms with Gasteiger partial charge in [-0.3, -0.25) is 4.79 Å². The van der Waals surface area contributed by atoms with Crippen LogP contribution in [0.4, 0.5) is 0 Å². The van der Waals surface area contributed by atoms with Crippen LogP contribution in [-0.2, 0) is 14.8 Å². The fourth-order valence-electron chi connectivity index (χ4n) is 0.630. The molecule has 0 aliphatic rings. The van der Waals surface area contributed by atoms with Gasteiger partial charge in [0.2, 0.25) is 10.0 Å². The van der Waals surface area contributed by atoms with Gasteiger partial charge in [-0.05, 0) is 19.8 Å². The number of carbonyl (C=O) groups is 1. The third-order valence-corrected chi connectivity index (χ3v) is 4.00. The van der Waals surface area contributed by atoms with Crippen molar-refractivity contribution in [2.45, 2.75) is 39.0 Å². The molecule has 0 aliphatic carbocycles. The fourth-order valence-corrected chi connectivity index (χ4v) is 1.89. The van der Waals surface area contributed by atoms with Gasteiger partial charge < -0.3 is 5.11 Å². The van der Waals surface area contributed by atoms with Gasteiger partial charge in [0.05, 0.1) is 0 Å². The van der Waals surface area contributed by atoms with E-state index in [0.717, 1.165) is 6.92 Å². The molecule has 2 atom stereocenters. The number of hydrogen-bond acceptors (Lipinski definition) is 3. The Morgan fingerprint density at radius 2 is 1.64 bits per heavy atom. The van der Waals surface area contributed by atoms with Gasteiger partial charge in [0.15, 0.2) is 5.25 Å². The maximum atomic E-state index is 11.4. The van der Waals surface area contributed by atoms with Crippen molar-refractivity contribution >= 4 is 16.0 Å². The number of carboxylic acid groups (broad SMARTS) is 1. The van der Waals surface area contributed by atoms with Crippen molar-refractivity contribution < 1.29 is 18.3 Å². The summed E-state index contributed by atoms with van der Waals surface area (Å²) in [6.45, 7) is 6.58. The summed E-state index contributed by atoms with van der Waals surface area (Å²) in [7, 11) is -3.75. The summed E-state index contributed by atoms with van der Waals surface area (Å²) in [5.41, 5.74) is 0. The van der Waals surface area contributed by atoms with Crippen molar-refractivity contribution in [3.8, 4) is 0 Å². The van der Waals surface area contributed by atoms with Crippen LogP contribution in [0.15, 0.2) is 0 Å². The van der Waals surface area contributed by atoms with Gasteiger partial charge in [-0.25, -0.2) is 13.1 Å². The lowest BCUT2D eigenvalue weighted by molar-refractivity contribution is -0.136. The number of sulfonamides is 1. The zero-order valence-corrected chi connectivity index (χ0v) is 9.63. The van der Waals surface area contributed by atoms with Crippen LogP contribution in [0.2, 0.25) is 0 Å². The van der Waals surface area contributed by atoms with Gasteiger partial charge in [0.25, 0.3) is 0 Å². The van der Waals surface area contributed by atoms with Crippen LogP contribution in [0.1, 0.15) is 27.7 Å². The number of hydrogen-bond donors (Lipinski definition) is 2. The summed E-state index contributed by atoms with van der Waals surface area (Å²) in [5, 5.41) is 7.14. The van der Waals surface area contributed by atoms with E-state index in [4.69, 9.17) is 5.11 Å². The molecule has 6 heteroatoms. The molecule has 5 nitrogen and oxygen atoms in total. The lowest BCUT2D eigenvalue weighted by Crippen LogP contribution is -2.43. The van der Waals surface area contributed by atoms with Crippen molar-refractivity contribution in [3.05, 3.63) is 0 Å². The standard InChI is InChI=1S/C8H17NO4S/c1-5(2)6(3)9-14(12,13)7(4)8(10)11/h5-7,9H,1-4H3,(H,10,11). The molecule has 0 amide bonds. The molecule has 0 saturated carbocycles. The maximum Gasteiger partial charge on any atom is 0.323 e. The Kier molecular flexibility index (Phi) is 4.54. The van der Waals surface area contributed by atoms with E-state index in [1.54, 1.807) is 6.92 Å².